The van der Waals surface area contributed by atoms with Gasteiger partial charge in [-0.3, -0.25) is 19.2 Å². The summed E-state index contributed by atoms with van der Waals surface area (Å²) in [5, 5.41) is 26.1. The van der Waals surface area contributed by atoms with Gasteiger partial charge in [0.15, 0.2) is 0 Å². The van der Waals surface area contributed by atoms with Crippen LogP contribution in [-0.2, 0) is 30.4 Å². The van der Waals surface area contributed by atoms with Gasteiger partial charge in [0.2, 0.25) is 17.7 Å². The third-order valence-corrected chi connectivity index (χ3v) is 5.78. The first-order chi connectivity index (χ1) is 17.5. The van der Waals surface area contributed by atoms with Gasteiger partial charge in [0.1, 0.15) is 18.1 Å². The molecule has 13 heteroatoms. The van der Waals surface area contributed by atoms with Crippen molar-refractivity contribution < 1.29 is 34.2 Å². The zero-order valence-corrected chi connectivity index (χ0v) is 20.5. The number of para-hydroxylation sites is 1. The van der Waals surface area contributed by atoms with Crippen LogP contribution in [0.3, 0.4) is 0 Å². The molecule has 4 atom stereocenters. The summed E-state index contributed by atoms with van der Waals surface area (Å²) in [6.45, 7) is 1.78. The fourth-order valence-electron chi connectivity index (χ4n) is 3.70. The standard InChI is InChI=1S/C24H34N6O7/c1-13(21(33)30-19(24(36)37)11-20(31)32)28-23(35)18(29-22(34)16(26)7-4-5-9-25)10-14-12-27-17-8-3-2-6-15(14)17/h2-3,6,8,12-13,16,18-19,27H,4-5,7,9-11,25-26H2,1H3,(H,28,35)(H,29,34)(H,30,33)(H,31,32)(H,36,37). The molecule has 0 aliphatic heterocycles. The van der Waals surface area contributed by atoms with Crippen LogP contribution in [0.15, 0.2) is 30.5 Å². The number of aromatic nitrogens is 1. The summed E-state index contributed by atoms with van der Waals surface area (Å²) >= 11 is 0. The number of hydrogen-bond donors (Lipinski definition) is 8. The number of amides is 3. The van der Waals surface area contributed by atoms with Crippen LogP contribution in [0.25, 0.3) is 10.9 Å². The molecule has 1 aromatic heterocycles. The first-order valence-corrected chi connectivity index (χ1v) is 11.9. The summed E-state index contributed by atoms with van der Waals surface area (Å²) in [5.41, 5.74) is 13.1. The Morgan fingerprint density at radius 2 is 1.62 bits per heavy atom. The molecule has 3 amide bonds. The average Bonchev–Trinajstić information content (AvgIpc) is 3.25. The monoisotopic (exact) mass is 518 g/mol. The van der Waals surface area contributed by atoms with Crippen LogP contribution >= 0.6 is 0 Å². The molecular weight excluding hydrogens is 484 g/mol. The number of aliphatic carboxylic acids is 2. The van der Waals surface area contributed by atoms with Crippen molar-refractivity contribution in [1.29, 1.82) is 0 Å². The van der Waals surface area contributed by atoms with E-state index < -0.39 is 60.2 Å². The Labute approximate surface area is 213 Å². The Hall–Kier alpha value is -3.97. The van der Waals surface area contributed by atoms with Gasteiger partial charge in [0.05, 0.1) is 12.5 Å². The number of nitrogens with one attached hydrogen (secondary N) is 4. The van der Waals surface area contributed by atoms with Crippen LogP contribution < -0.4 is 27.4 Å². The molecule has 1 aromatic carbocycles. The number of fused-ring (bicyclic) bond motifs is 1. The van der Waals surface area contributed by atoms with E-state index in [1.807, 2.05) is 24.3 Å². The largest absolute Gasteiger partial charge is 0.481 e. The Morgan fingerprint density at radius 1 is 0.946 bits per heavy atom. The van der Waals surface area contributed by atoms with Gasteiger partial charge in [-0.1, -0.05) is 24.6 Å². The van der Waals surface area contributed by atoms with Crippen molar-refractivity contribution >= 4 is 40.6 Å². The van der Waals surface area contributed by atoms with Crippen LogP contribution in [0.5, 0.6) is 0 Å². The fraction of sp³-hybridized carbons (Fsp3) is 0.458. The molecule has 0 aliphatic carbocycles. The third-order valence-electron chi connectivity index (χ3n) is 5.78. The second-order valence-electron chi connectivity index (χ2n) is 8.74. The number of hydrogen-bond acceptors (Lipinski definition) is 7. The van der Waals surface area contributed by atoms with Crippen LogP contribution in [0.4, 0.5) is 0 Å². The SMILES string of the molecule is CC(NC(=O)C(Cc1c[nH]c2ccccc12)NC(=O)C(N)CCCCN)C(=O)NC(CC(=O)O)C(=O)O. The summed E-state index contributed by atoms with van der Waals surface area (Å²) in [6, 6.07) is 2.56. The first-order valence-electron chi connectivity index (χ1n) is 11.9. The van der Waals surface area contributed by atoms with Crippen molar-refractivity contribution in [3.8, 4) is 0 Å². The lowest BCUT2D eigenvalue weighted by molar-refractivity contribution is -0.147. The zero-order valence-electron chi connectivity index (χ0n) is 20.5. The van der Waals surface area contributed by atoms with E-state index in [4.69, 9.17) is 21.7 Å². The molecule has 202 valence electrons. The Bertz CT molecular complexity index is 1120. The molecule has 2 aromatic rings. The molecule has 13 nitrogen and oxygen atoms in total. The van der Waals surface area contributed by atoms with E-state index in [0.717, 1.165) is 16.5 Å². The number of carboxylic acids is 2. The van der Waals surface area contributed by atoms with Crippen molar-refractivity contribution in [3.63, 3.8) is 0 Å². The molecule has 0 saturated carbocycles. The van der Waals surface area contributed by atoms with E-state index in [1.54, 1.807) is 6.20 Å². The molecule has 37 heavy (non-hydrogen) atoms. The molecule has 0 radical (unpaired) electrons. The highest BCUT2D eigenvalue weighted by molar-refractivity contribution is 5.95. The van der Waals surface area contributed by atoms with Crippen LogP contribution in [0, 0.1) is 0 Å². The van der Waals surface area contributed by atoms with Crippen LogP contribution in [0.1, 0.15) is 38.2 Å². The smallest absolute Gasteiger partial charge is 0.326 e. The number of carbonyl (C=O) groups is 5. The highest BCUT2D eigenvalue weighted by Gasteiger charge is 2.29. The summed E-state index contributed by atoms with van der Waals surface area (Å²) in [4.78, 5) is 63.6. The number of aromatic amines is 1. The number of H-pyrrole nitrogens is 1. The number of carboxylic acid groups (broad SMARTS) is 2. The number of unbranched alkanes of at least 4 members (excludes halogenated alkanes) is 1. The minimum atomic E-state index is -1.67. The Morgan fingerprint density at radius 3 is 2.27 bits per heavy atom. The van der Waals surface area contributed by atoms with Crippen LogP contribution in [-0.4, -0.2) is 75.6 Å². The molecular formula is C24H34N6O7. The van der Waals surface area contributed by atoms with Crippen molar-refractivity contribution in [2.24, 2.45) is 11.5 Å². The summed E-state index contributed by atoms with van der Waals surface area (Å²) in [6.07, 6.45) is 2.70. The maximum absolute atomic E-state index is 13.2. The van der Waals surface area contributed by atoms with Crippen molar-refractivity contribution in [1.82, 2.24) is 20.9 Å². The highest BCUT2D eigenvalue weighted by Crippen LogP contribution is 2.19. The van der Waals surface area contributed by atoms with Gasteiger partial charge in [-0.2, -0.15) is 0 Å². The summed E-state index contributed by atoms with van der Waals surface area (Å²) < 4.78 is 0. The molecule has 0 bridgehead atoms. The molecule has 1 heterocycles. The first kappa shape index (κ1) is 29.3. The summed E-state index contributed by atoms with van der Waals surface area (Å²) in [5.74, 6) is -5.06. The van der Waals surface area contributed by atoms with E-state index in [9.17, 15) is 24.0 Å². The van der Waals surface area contributed by atoms with Crippen molar-refractivity contribution in [3.05, 3.63) is 36.0 Å². The second-order valence-corrected chi connectivity index (χ2v) is 8.74. The topological polar surface area (TPSA) is 230 Å². The zero-order chi connectivity index (χ0) is 27.5. The number of nitrogens with two attached hydrogens (primary N) is 2. The highest BCUT2D eigenvalue weighted by atomic mass is 16.4. The Balaban J connectivity index is 2.16. The van der Waals surface area contributed by atoms with Gasteiger partial charge in [-0.15, -0.1) is 0 Å². The maximum Gasteiger partial charge on any atom is 0.326 e. The van der Waals surface area contributed by atoms with Crippen LogP contribution in [0.2, 0.25) is 0 Å². The third kappa shape index (κ3) is 8.88. The lowest BCUT2D eigenvalue weighted by Crippen LogP contribution is -2.57. The summed E-state index contributed by atoms with van der Waals surface area (Å²) in [7, 11) is 0. The lowest BCUT2D eigenvalue weighted by atomic mass is 10.0. The normalized spacial score (nSPS) is 14.2. The maximum atomic E-state index is 13.2. The van der Waals surface area contributed by atoms with Gasteiger partial charge in [0.25, 0.3) is 0 Å². The van der Waals surface area contributed by atoms with Gasteiger partial charge >= 0.3 is 11.9 Å². The van der Waals surface area contributed by atoms with E-state index in [2.05, 4.69) is 20.9 Å². The molecule has 0 aliphatic rings. The van der Waals surface area contributed by atoms with Gasteiger partial charge in [0, 0.05) is 23.5 Å². The molecule has 10 N–H and O–H groups in total. The van der Waals surface area contributed by atoms with Crippen molar-refractivity contribution in [2.45, 2.75) is 63.2 Å². The van der Waals surface area contributed by atoms with Crippen molar-refractivity contribution in [2.75, 3.05) is 6.54 Å². The van der Waals surface area contributed by atoms with E-state index in [0.29, 0.717) is 25.8 Å². The van der Waals surface area contributed by atoms with E-state index in [1.165, 1.54) is 6.92 Å². The van der Waals surface area contributed by atoms with Gasteiger partial charge in [-0.25, -0.2) is 4.79 Å². The fourth-order valence-corrected chi connectivity index (χ4v) is 3.70. The number of benzene rings is 1. The minimum absolute atomic E-state index is 0.0855. The van der Waals surface area contributed by atoms with E-state index in [-0.39, 0.29) is 6.42 Å². The molecule has 0 spiro atoms. The quantitative estimate of drug-likeness (QED) is 0.138. The minimum Gasteiger partial charge on any atom is -0.481 e. The molecule has 4 unspecified atom stereocenters. The molecule has 2 rings (SSSR count). The number of rotatable bonds is 15. The second kappa shape index (κ2) is 13.9. The average molecular weight is 519 g/mol. The predicted octanol–water partition coefficient (Wildman–Crippen LogP) is -0.800. The van der Waals surface area contributed by atoms with Gasteiger partial charge < -0.3 is 42.6 Å². The van der Waals surface area contributed by atoms with Gasteiger partial charge in [-0.05, 0) is 37.9 Å². The lowest BCUT2D eigenvalue weighted by Gasteiger charge is -2.23. The number of carbonyl (C=O) groups excluding carboxylic acids is 3. The molecule has 0 fully saturated rings. The molecule has 0 saturated heterocycles. The van der Waals surface area contributed by atoms with E-state index >= 15 is 0 Å². The predicted molar refractivity (Wildman–Crippen MR) is 134 cm³/mol. The Kier molecular flexibility index (Phi) is 11.0.